The van der Waals surface area contributed by atoms with Gasteiger partial charge in [-0.2, -0.15) is 4.99 Å². The molecule has 1 aliphatic heterocycles. The first kappa shape index (κ1) is 33.4. The molecule has 0 aliphatic carbocycles. The van der Waals surface area contributed by atoms with Gasteiger partial charge in [0.1, 0.15) is 36.3 Å². The van der Waals surface area contributed by atoms with E-state index in [0.717, 1.165) is 16.9 Å². The zero-order valence-corrected chi connectivity index (χ0v) is 23.1. The standard InChI is InChI=1S/C21H25ClO6.C4H11N5.ClH/c1-2-27-15-6-3-12(4-7-15)9-14-10-13(5-8-16(14)22)21-20(26)19(25)18(24)17(11-23)28-21;1-9(2)4(7)8-3(5)6;/h3-8,10,17-21,23-26H,2,9,11H2,1H3;1-2H3,(H5,5,6,7,8);1H/t17-,18-,19+,20-,21?;;/m1../s1. The van der Waals surface area contributed by atoms with Gasteiger partial charge in [-0.3, -0.25) is 5.41 Å². The van der Waals surface area contributed by atoms with Crippen LogP contribution in [0.2, 0.25) is 5.02 Å². The van der Waals surface area contributed by atoms with Crippen LogP contribution in [0.15, 0.2) is 47.5 Å². The Morgan fingerprint density at radius 3 is 2.21 bits per heavy atom. The van der Waals surface area contributed by atoms with Crippen molar-refractivity contribution in [1.29, 1.82) is 5.41 Å². The van der Waals surface area contributed by atoms with Crippen LogP contribution in [-0.4, -0.2) is 89.0 Å². The minimum absolute atomic E-state index is 0. The highest BCUT2D eigenvalue weighted by Gasteiger charge is 2.44. The molecule has 2 aromatic rings. The van der Waals surface area contributed by atoms with Gasteiger partial charge < -0.3 is 46.3 Å². The summed E-state index contributed by atoms with van der Waals surface area (Å²) in [6.07, 6.45) is -5.39. The summed E-state index contributed by atoms with van der Waals surface area (Å²) in [7, 11) is 3.45. The Morgan fingerprint density at radius 1 is 1.08 bits per heavy atom. The second kappa shape index (κ2) is 15.7. The number of aliphatic hydroxyl groups excluding tert-OH is 4. The van der Waals surface area contributed by atoms with Crippen LogP contribution in [-0.2, 0) is 11.2 Å². The summed E-state index contributed by atoms with van der Waals surface area (Å²) in [5.74, 6) is 0.760. The van der Waals surface area contributed by atoms with E-state index in [2.05, 4.69) is 4.99 Å². The van der Waals surface area contributed by atoms with Gasteiger partial charge in [-0.25, -0.2) is 0 Å². The fraction of sp³-hybridized carbons (Fsp3) is 0.440. The Morgan fingerprint density at radius 2 is 1.71 bits per heavy atom. The van der Waals surface area contributed by atoms with E-state index in [1.54, 1.807) is 31.1 Å². The average Bonchev–Trinajstić information content (AvgIpc) is 2.85. The Labute approximate surface area is 233 Å². The van der Waals surface area contributed by atoms with E-state index >= 15 is 0 Å². The molecular formula is C25H37Cl2N5O6. The van der Waals surface area contributed by atoms with E-state index in [1.807, 2.05) is 37.3 Å². The molecule has 0 spiro atoms. The SMILES string of the molecule is CCOc1ccc(Cc2cc(C3O[C@H](CO)[C@@H](O)[C@H](O)[C@H]3O)ccc2Cl)cc1.CN(C)C(N)=NC(=N)N.Cl. The number of guanidine groups is 2. The van der Waals surface area contributed by atoms with Gasteiger partial charge in [0.15, 0.2) is 5.96 Å². The Bertz CT molecular complexity index is 1060. The molecular weight excluding hydrogens is 537 g/mol. The number of hydrogen-bond acceptors (Lipinski definition) is 7. The van der Waals surface area contributed by atoms with E-state index in [1.165, 1.54) is 0 Å². The van der Waals surface area contributed by atoms with E-state index in [4.69, 9.17) is 38.0 Å². The lowest BCUT2D eigenvalue weighted by Crippen LogP contribution is -2.55. The second-order valence-electron chi connectivity index (χ2n) is 8.60. The molecule has 1 unspecified atom stereocenters. The van der Waals surface area contributed by atoms with Crippen molar-refractivity contribution >= 4 is 35.9 Å². The molecule has 9 N–H and O–H groups in total. The fourth-order valence-electron chi connectivity index (χ4n) is 3.60. The number of nitrogens with one attached hydrogen (secondary N) is 1. The van der Waals surface area contributed by atoms with Crippen molar-refractivity contribution in [2.75, 3.05) is 27.3 Å². The molecule has 0 aromatic heterocycles. The summed E-state index contributed by atoms with van der Waals surface area (Å²) in [6.45, 7) is 2.07. The van der Waals surface area contributed by atoms with Crippen molar-refractivity contribution in [2.24, 2.45) is 16.5 Å². The highest BCUT2D eigenvalue weighted by Crippen LogP contribution is 2.34. The highest BCUT2D eigenvalue weighted by molar-refractivity contribution is 6.31. The smallest absolute Gasteiger partial charge is 0.215 e. The topological polar surface area (TPSA) is 191 Å². The van der Waals surface area contributed by atoms with Crippen LogP contribution in [0.4, 0.5) is 0 Å². The number of nitrogens with zero attached hydrogens (tertiary/aromatic N) is 2. The average molecular weight is 575 g/mol. The fourth-order valence-corrected chi connectivity index (χ4v) is 3.78. The molecule has 2 aromatic carbocycles. The van der Waals surface area contributed by atoms with Crippen molar-refractivity contribution in [3.05, 3.63) is 64.2 Å². The summed E-state index contributed by atoms with van der Waals surface area (Å²) in [6, 6.07) is 12.9. The van der Waals surface area contributed by atoms with Crippen molar-refractivity contribution in [3.8, 4) is 5.75 Å². The number of hydrogen-bond donors (Lipinski definition) is 7. The van der Waals surface area contributed by atoms with Crippen LogP contribution >= 0.6 is 24.0 Å². The Balaban J connectivity index is 0.000000622. The zero-order valence-electron chi connectivity index (χ0n) is 21.5. The maximum atomic E-state index is 10.3. The molecule has 0 amide bonds. The van der Waals surface area contributed by atoms with Crippen molar-refractivity contribution in [2.45, 2.75) is 43.9 Å². The molecule has 1 aliphatic rings. The maximum absolute atomic E-state index is 10.3. The maximum Gasteiger partial charge on any atom is 0.215 e. The molecule has 212 valence electrons. The summed E-state index contributed by atoms with van der Waals surface area (Å²) in [5, 5.41) is 47.0. The quantitative estimate of drug-likeness (QED) is 0.195. The van der Waals surface area contributed by atoms with Crippen LogP contribution in [0.3, 0.4) is 0 Å². The highest BCUT2D eigenvalue weighted by atomic mass is 35.5. The van der Waals surface area contributed by atoms with Gasteiger partial charge in [-0.05, 0) is 48.2 Å². The van der Waals surface area contributed by atoms with Gasteiger partial charge in [-0.1, -0.05) is 35.9 Å². The summed E-state index contributed by atoms with van der Waals surface area (Å²) in [5.41, 5.74) is 12.7. The van der Waals surface area contributed by atoms with Crippen LogP contribution in [0.5, 0.6) is 5.75 Å². The number of halogens is 2. The van der Waals surface area contributed by atoms with Crippen molar-refractivity contribution in [3.63, 3.8) is 0 Å². The van der Waals surface area contributed by atoms with Gasteiger partial charge in [-0.15, -0.1) is 12.4 Å². The number of benzene rings is 2. The predicted octanol–water partition coefficient (Wildman–Crippen LogP) is 1.02. The van der Waals surface area contributed by atoms with E-state index in [-0.39, 0.29) is 24.3 Å². The molecule has 0 radical (unpaired) electrons. The first-order valence-corrected chi connectivity index (χ1v) is 12.0. The molecule has 38 heavy (non-hydrogen) atoms. The molecule has 1 fully saturated rings. The predicted molar refractivity (Wildman–Crippen MR) is 149 cm³/mol. The Kier molecular flexibility index (Phi) is 13.8. The van der Waals surface area contributed by atoms with Crippen LogP contribution in [0.1, 0.15) is 29.7 Å². The van der Waals surface area contributed by atoms with Gasteiger partial charge in [0, 0.05) is 19.1 Å². The van der Waals surface area contributed by atoms with E-state index in [9.17, 15) is 20.4 Å². The minimum atomic E-state index is -1.42. The number of nitrogens with two attached hydrogens (primary N) is 2. The van der Waals surface area contributed by atoms with E-state index < -0.39 is 37.1 Å². The molecule has 0 saturated carbocycles. The zero-order chi connectivity index (χ0) is 27.7. The van der Waals surface area contributed by atoms with Crippen molar-refractivity contribution < 1.29 is 29.9 Å². The third-order valence-electron chi connectivity index (χ3n) is 5.61. The molecule has 3 rings (SSSR count). The van der Waals surface area contributed by atoms with Crippen LogP contribution < -0.4 is 16.2 Å². The summed E-state index contributed by atoms with van der Waals surface area (Å²) >= 11 is 6.35. The monoisotopic (exact) mass is 573 g/mol. The number of ether oxygens (including phenoxy) is 2. The minimum Gasteiger partial charge on any atom is -0.494 e. The Hall–Kier alpha value is -2.64. The number of aliphatic hydroxyl groups is 4. The van der Waals surface area contributed by atoms with Gasteiger partial charge >= 0.3 is 0 Å². The number of rotatable bonds is 6. The normalized spacial score (nSPS) is 22.9. The summed E-state index contributed by atoms with van der Waals surface area (Å²) < 4.78 is 11.1. The molecule has 1 heterocycles. The first-order valence-electron chi connectivity index (χ1n) is 11.6. The molecule has 11 nitrogen and oxygen atoms in total. The van der Waals surface area contributed by atoms with Crippen molar-refractivity contribution in [1.82, 2.24) is 4.90 Å². The lowest BCUT2D eigenvalue weighted by Gasteiger charge is -2.40. The van der Waals surface area contributed by atoms with Crippen LogP contribution in [0.25, 0.3) is 0 Å². The molecule has 5 atom stereocenters. The summed E-state index contributed by atoms with van der Waals surface area (Å²) in [4.78, 5) is 5.03. The largest absolute Gasteiger partial charge is 0.494 e. The lowest BCUT2D eigenvalue weighted by atomic mass is 9.90. The molecule has 13 heteroatoms. The van der Waals surface area contributed by atoms with Gasteiger partial charge in [0.2, 0.25) is 5.96 Å². The first-order chi connectivity index (χ1) is 17.5. The molecule has 0 bridgehead atoms. The lowest BCUT2D eigenvalue weighted by molar-refractivity contribution is -0.231. The third kappa shape index (κ3) is 9.28. The van der Waals surface area contributed by atoms with E-state index in [0.29, 0.717) is 23.6 Å². The van der Waals surface area contributed by atoms with Gasteiger partial charge in [0.05, 0.1) is 13.2 Å². The molecule has 1 saturated heterocycles. The number of aliphatic imine (C=N–C) groups is 1. The van der Waals surface area contributed by atoms with Gasteiger partial charge in [0.25, 0.3) is 0 Å². The van der Waals surface area contributed by atoms with Crippen LogP contribution in [0, 0.1) is 5.41 Å². The third-order valence-corrected chi connectivity index (χ3v) is 5.98. The second-order valence-corrected chi connectivity index (χ2v) is 9.01.